The number of aryl methyl sites for hydroxylation is 1. The maximum atomic E-state index is 12.1. The van der Waals surface area contributed by atoms with Gasteiger partial charge in [-0.25, -0.2) is 4.79 Å². The van der Waals surface area contributed by atoms with Gasteiger partial charge in [-0.1, -0.05) is 32.6 Å². The molecule has 132 valence electrons. The average molecular weight is 365 g/mol. The van der Waals surface area contributed by atoms with Crippen molar-refractivity contribution in [3.05, 3.63) is 20.9 Å². The Bertz CT molecular complexity index is 671. The van der Waals surface area contributed by atoms with Gasteiger partial charge in [-0.05, 0) is 49.4 Å². The van der Waals surface area contributed by atoms with Crippen molar-refractivity contribution >= 4 is 25.6 Å². The minimum atomic E-state index is -1.79. The monoisotopic (exact) mass is 364 g/mol. The quantitative estimate of drug-likeness (QED) is 0.439. The van der Waals surface area contributed by atoms with Crippen LogP contribution in [-0.4, -0.2) is 28.0 Å². The Morgan fingerprint density at radius 3 is 2.54 bits per heavy atom. The molecule has 0 radical (unpaired) electrons. The number of fused-ring (bicyclic) bond motifs is 1. The van der Waals surface area contributed by atoms with Crippen molar-refractivity contribution in [3.63, 3.8) is 0 Å². The summed E-state index contributed by atoms with van der Waals surface area (Å²) >= 11 is 1.55. The van der Waals surface area contributed by atoms with E-state index in [2.05, 4.69) is 45.7 Å². The van der Waals surface area contributed by atoms with Gasteiger partial charge in [0, 0.05) is 4.88 Å². The van der Waals surface area contributed by atoms with Gasteiger partial charge in [-0.15, -0.1) is 11.3 Å². The number of hydrogen-bond donors (Lipinski definition) is 0. The lowest BCUT2D eigenvalue weighted by molar-refractivity contribution is 0.0606. The third-order valence-electron chi connectivity index (χ3n) is 5.07. The summed E-state index contributed by atoms with van der Waals surface area (Å²) in [4.78, 5) is 14.0. The molecule has 1 heterocycles. The maximum absolute atomic E-state index is 12.1. The van der Waals surface area contributed by atoms with E-state index in [4.69, 9.17) is 9.16 Å². The lowest BCUT2D eigenvalue weighted by atomic mass is 9.95. The van der Waals surface area contributed by atoms with Crippen molar-refractivity contribution in [1.82, 2.24) is 0 Å². The minimum Gasteiger partial charge on any atom is -0.465 e. The fraction of sp³-hybridized carbons (Fsp3) is 0.632. The predicted octanol–water partition coefficient (Wildman–Crippen LogP) is 4.79. The highest BCUT2D eigenvalue weighted by molar-refractivity contribution is 7.14. The largest absolute Gasteiger partial charge is 0.465 e. The van der Waals surface area contributed by atoms with E-state index < -0.39 is 8.32 Å². The predicted molar refractivity (Wildman–Crippen MR) is 102 cm³/mol. The van der Waals surface area contributed by atoms with Gasteiger partial charge in [0.25, 0.3) is 0 Å². The first-order chi connectivity index (χ1) is 11.2. The second-order valence-corrected chi connectivity index (χ2v) is 13.7. The lowest BCUT2D eigenvalue weighted by Crippen LogP contribution is -2.40. The molecule has 0 spiro atoms. The van der Waals surface area contributed by atoms with Crippen LogP contribution >= 0.6 is 11.3 Å². The third kappa shape index (κ3) is 4.11. The Kier molecular flexibility index (Phi) is 5.95. The van der Waals surface area contributed by atoms with Crippen LogP contribution in [0.4, 0.5) is 0 Å². The smallest absolute Gasteiger partial charge is 0.349 e. The van der Waals surface area contributed by atoms with Gasteiger partial charge in [-0.2, -0.15) is 0 Å². The van der Waals surface area contributed by atoms with Gasteiger partial charge in [0.05, 0.1) is 19.3 Å². The normalized spacial score (nSPS) is 14.6. The van der Waals surface area contributed by atoms with Crippen molar-refractivity contribution in [2.24, 2.45) is 0 Å². The van der Waals surface area contributed by atoms with Crippen molar-refractivity contribution in [1.29, 1.82) is 0 Å². The molecule has 1 aliphatic rings. The zero-order chi connectivity index (χ0) is 18.0. The molecule has 0 fully saturated rings. The second-order valence-electron chi connectivity index (χ2n) is 7.76. The van der Waals surface area contributed by atoms with Crippen molar-refractivity contribution in [2.75, 3.05) is 13.7 Å². The summed E-state index contributed by atoms with van der Waals surface area (Å²) in [7, 11) is -0.360. The van der Waals surface area contributed by atoms with Gasteiger partial charge in [0.15, 0.2) is 8.32 Å². The summed E-state index contributed by atoms with van der Waals surface area (Å²) < 4.78 is 11.1. The molecule has 0 unspecified atom stereocenters. The second kappa shape index (κ2) is 7.43. The summed E-state index contributed by atoms with van der Waals surface area (Å²) in [5, 5.41) is 0.174. The van der Waals surface area contributed by atoms with Crippen LogP contribution < -0.4 is 0 Å². The van der Waals surface area contributed by atoms with E-state index in [1.54, 1.807) is 11.3 Å². The Balaban J connectivity index is 2.21. The van der Waals surface area contributed by atoms with E-state index in [9.17, 15) is 4.79 Å². The van der Waals surface area contributed by atoms with E-state index in [0.29, 0.717) is 11.5 Å². The molecule has 0 amide bonds. The molecule has 1 aliphatic carbocycles. The molecule has 0 saturated carbocycles. The average Bonchev–Trinajstić information content (AvgIpc) is 2.88. The van der Waals surface area contributed by atoms with E-state index in [-0.39, 0.29) is 11.0 Å². The van der Waals surface area contributed by atoms with Crippen LogP contribution in [0.1, 0.15) is 59.3 Å². The summed E-state index contributed by atoms with van der Waals surface area (Å²) in [6, 6.07) is 0. The molecule has 24 heavy (non-hydrogen) atoms. The zero-order valence-electron chi connectivity index (χ0n) is 15.7. The molecular formula is C19H28O3SSi. The van der Waals surface area contributed by atoms with E-state index in [1.807, 2.05) is 0 Å². The van der Waals surface area contributed by atoms with Crippen molar-refractivity contribution in [3.8, 4) is 11.8 Å². The van der Waals surface area contributed by atoms with Gasteiger partial charge in [0.1, 0.15) is 4.88 Å². The van der Waals surface area contributed by atoms with Gasteiger partial charge < -0.3 is 9.16 Å². The molecule has 0 saturated heterocycles. The molecule has 1 aromatic rings. The Labute approximate surface area is 150 Å². The Morgan fingerprint density at radius 1 is 1.25 bits per heavy atom. The number of methoxy groups -OCH3 is 1. The van der Waals surface area contributed by atoms with Crippen LogP contribution in [0.15, 0.2) is 0 Å². The zero-order valence-corrected chi connectivity index (χ0v) is 17.5. The SMILES string of the molecule is COC(=O)c1sc2c(c1C#CCO[Si](C)(C)C(C)(C)C)CCCC2. The maximum Gasteiger partial charge on any atom is 0.349 e. The topological polar surface area (TPSA) is 35.5 Å². The van der Waals surface area contributed by atoms with E-state index in [0.717, 1.165) is 18.4 Å². The molecule has 0 aromatic carbocycles. The number of esters is 1. The minimum absolute atomic E-state index is 0.174. The van der Waals surface area contributed by atoms with Crippen molar-refractivity contribution in [2.45, 2.75) is 64.6 Å². The van der Waals surface area contributed by atoms with Crippen LogP contribution in [-0.2, 0) is 22.0 Å². The molecule has 2 rings (SSSR count). The van der Waals surface area contributed by atoms with Gasteiger partial charge >= 0.3 is 5.97 Å². The number of carbonyl (C=O) groups excluding carboxylic acids is 1. The lowest BCUT2D eigenvalue weighted by Gasteiger charge is -2.35. The standard InChI is InChI=1S/C19H28O3SSi/c1-19(2,3)24(5,6)22-13-9-11-15-14-10-7-8-12-16(14)23-17(15)18(20)21-4/h7-8,10,12-13H2,1-6H3. The summed E-state index contributed by atoms with van der Waals surface area (Å²) in [6.07, 6.45) is 4.41. The third-order valence-corrected chi connectivity index (χ3v) is 10.8. The number of carbonyl (C=O) groups is 1. The molecule has 3 nitrogen and oxygen atoms in total. The summed E-state index contributed by atoms with van der Waals surface area (Å²) in [5.41, 5.74) is 2.13. The molecule has 0 N–H and O–H groups in total. The highest BCUT2D eigenvalue weighted by Crippen LogP contribution is 2.36. The highest BCUT2D eigenvalue weighted by atomic mass is 32.1. The number of hydrogen-bond acceptors (Lipinski definition) is 4. The highest BCUT2D eigenvalue weighted by Gasteiger charge is 2.36. The Hall–Kier alpha value is -1.09. The first kappa shape index (κ1) is 19.2. The first-order valence-electron chi connectivity index (χ1n) is 8.53. The van der Waals surface area contributed by atoms with Crippen LogP contribution in [0.25, 0.3) is 0 Å². The molecular weight excluding hydrogens is 336 g/mol. The van der Waals surface area contributed by atoms with Crippen LogP contribution in [0.5, 0.6) is 0 Å². The van der Waals surface area contributed by atoms with Crippen LogP contribution in [0, 0.1) is 11.8 Å². The number of ether oxygens (including phenoxy) is 1. The van der Waals surface area contributed by atoms with Crippen molar-refractivity contribution < 1.29 is 14.0 Å². The Morgan fingerprint density at radius 2 is 1.92 bits per heavy atom. The van der Waals surface area contributed by atoms with E-state index in [1.165, 1.54) is 30.4 Å². The van der Waals surface area contributed by atoms with Gasteiger partial charge in [0.2, 0.25) is 0 Å². The summed E-state index contributed by atoms with van der Waals surface area (Å²) in [6.45, 7) is 11.5. The van der Waals surface area contributed by atoms with Crippen LogP contribution in [0.3, 0.4) is 0 Å². The molecule has 1 aromatic heterocycles. The van der Waals surface area contributed by atoms with Gasteiger partial charge in [-0.3, -0.25) is 0 Å². The summed E-state index contributed by atoms with van der Waals surface area (Å²) in [5.74, 6) is 6.09. The fourth-order valence-corrected chi connectivity index (χ4v) is 4.62. The number of rotatable bonds is 3. The molecule has 0 aliphatic heterocycles. The number of thiophene rings is 1. The molecule has 0 bridgehead atoms. The molecule has 5 heteroatoms. The fourth-order valence-electron chi connectivity index (χ4n) is 2.49. The first-order valence-corrected chi connectivity index (χ1v) is 12.3. The van der Waals surface area contributed by atoms with E-state index >= 15 is 0 Å². The van der Waals surface area contributed by atoms with Crippen LogP contribution in [0.2, 0.25) is 18.1 Å². The molecule has 0 atom stereocenters.